The predicted molar refractivity (Wildman–Crippen MR) is 111 cm³/mol. The summed E-state index contributed by atoms with van der Waals surface area (Å²) in [6, 6.07) is 7.61. The monoisotopic (exact) mass is 411 g/mol. The Hall–Kier alpha value is -2.96. The number of likely N-dealkylation sites (tertiary alicyclic amines) is 1. The van der Waals surface area contributed by atoms with Crippen molar-refractivity contribution in [2.75, 3.05) is 13.1 Å². The minimum Gasteiger partial charge on any atom is -0.347 e. The maximum Gasteiger partial charge on any atom is 0.261 e. The Balaban J connectivity index is 1.62. The lowest BCUT2D eigenvalue weighted by Crippen LogP contribution is -2.42. The van der Waals surface area contributed by atoms with E-state index in [9.17, 15) is 18.8 Å². The van der Waals surface area contributed by atoms with Crippen molar-refractivity contribution in [3.05, 3.63) is 68.9 Å². The topological polar surface area (TPSA) is 82.3 Å². The number of aromatic nitrogens is 1. The molecule has 1 aliphatic carbocycles. The van der Waals surface area contributed by atoms with Gasteiger partial charge in [0, 0.05) is 30.6 Å². The molecule has 0 unspecified atom stereocenters. The van der Waals surface area contributed by atoms with Gasteiger partial charge >= 0.3 is 0 Å². The van der Waals surface area contributed by atoms with Crippen LogP contribution in [0.15, 0.2) is 35.1 Å². The molecule has 2 N–H and O–H groups in total. The summed E-state index contributed by atoms with van der Waals surface area (Å²) in [6.45, 7) is 4.24. The quantitative estimate of drug-likeness (QED) is 0.811. The van der Waals surface area contributed by atoms with Crippen molar-refractivity contribution in [1.29, 1.82) is 0 Å². The van der Waals surface area contributed by atoms with E-state index in [4.69, 9.17) is 0 Å². The first kappa shape index (κ1) is 20.3. The summed E-state index contributed by atoms with van der Waals surface area (Å²) in [4.78, 5) is 42.4. The number of H-pyrrole nitrogens is 1. The van der Waals surface area contributed by atoms with Crippen LogP contribution < -0.4 is 10.9 Å². The van der Waals surface area contributed by atoms with Gasteiger partial charge in [-0.05, 0) is 42.5 Å². The number of halogens is 1. The van der Waals surface area contributed by atoms with Crippen molar-refractivity contribution in [3.63, 3.8) is 0 Å². The number of carbonyl (C=O) groups is 2. The first-order valence-electron chi connectivity index (χ1n) is 10.4. The van der Waals surface area contributed by atoms with Crippen LogP contribution in [0.5, 0.6) is 0 Å². The highest BCUT2D eigenvalue weighted by Gasteiger charge is 2.39. The molecule has 2 aromatic rings. The van der Waals surface area contributed by atoms with Gasteiger partial charge in [0.1, 0.15) is 11.4 Å². The highest BCUT2D eigenvalue weighted by Crippen LogP contribution is 2.30. The summed E-state index contributed by atoms with van der Waals surface area (Å²) >= 11 is 0. The zero-order valence-corrected chi connectivity index (χ0v) is 17.2. The Kier molecular flexibility index (Phi) is 5.45. The first-order chi connectivity index (χ1) is 14.3. The normalized spacial score (nSPS) is 20.5. The van der Waals surface area contributed by atoms with Crippen LogP contribution in [0, 0.1) is 11.7 Å². The van der Waals surface area contributed by atoms with Crippen LogP contribution in [0.2, 0.25) is 0 Å². The molecule has 2 aliphatic rings. The molecule has 4 rings (SSSR count). The molecule has 0 spiro atoms. The van der Waals surface area contributed by atoms with Gasteiger partial charge in [0.05, 0.1) is 6.04 Å². The summed E-state index contributed by atoms with van der Waals surface area (Å²) in [7, 11) is 0. The molecule has 1 aliphatic heterocycles. The van der Waals surface area contributed by atoms with Crippen LogP contribution in [0.3, 0.4) is 0 Å². The molecule has 0 saturated carbocycles. The van der Waals surface area contributed by atoms with Crippen molar-refractivity contribution in [2.24, 2.45) is 5.92 Å². The molecule has 1 aromatic carbocycles. The van der Waals surface area contributed by atoms with Gasteiger partial charge in [-0.15, -0.1) is 0 Å². The third-order valence-electron chi connectivity index (χ3n) is 6.08. The van der Waals surface area contributed by atoms with E-state index < -0.39 is 17.5 Å². The number of nitrogens with one attached hydrogen (secondary N) is 2. The molecular formula is C23H26FN3O3. The third-order valence-corrected chi connectivity index (χ3v) is 6.08. The lowest BCUT2D eigenvalue weighted by Gasteiger charge is -2.20. The number of aryl methyl sites for hydroxylation is 2. The van der Waals surface area contributed by atoms with Crippen LogP contribution in [-0.2, 0) is 17.6 Å². The zero-order chi connectivity index (χ0) is 21.4. The number of nitrogens with zero attached hydrogens (tertiary/aromatic N) is 1. The van der Waals surface area contributed by atoms with Crippen LogP contribution >= 0.6 is 0 Å². The number of amides is 2. The fraction of sp³-hybridized carbons (Fsp3) is 0.435. The summed E-state index contributed by atoms with van der Waals surface area (Å²) < 4.78 is 14.5. The van der Waals surface area contributed by atoms with Gasteiger partial charge in [-0.3, -0.25) is 14.4 Å². The second-order valence-corrected chi connectivity index (χ2v) is 8.48. The van der Waals surface area contributed by atoms with E-state index >= 15 is 0 Å². The van der Waals surface area contributed by atoms with Gasteiger partial charge in [0.2, 0.25) is 5.91 Å². The molecule has 158 valence electrons. The average Bonchev–Trinajstić information content (AvgIpc) is 3.33. The standard InChI is InChI=1S/C23H26FN3O3/c1-13(2)23(30)27-11-17(15-7-3-4-8-18(15)24)20(12-27)26-22(29)16-10-14-6-5-9-19(14)25-21(16)28/h3-4,7-8,10,13,17,20H,5-6,9,11-12H2,1-2H3,(H,25,28)(H,26,29)/t17-,20+/m0/s1. The van der Waals surface area contributed by atoms with E-state index in [1.165, 1.54) is 6.07 Å². The van der Waals surface area contributed by atoms with Crippen molar-refractivity contribution in [1.82, 2.24) is 15.2 Å². The molecule has 6 nitrogen and oxygen atoms in total. The number of pyridine rings is 1. The molecule has 1 aromatic heterocycles. The van der Waals surface area contributed by atoms with Crippen LogP contribution in [0.4, 0.5) is 4.39 Å². The molecular weight excluding hydrogens is 385 g/mol. The number of aromatic amines is 1. The fourth-order valence-corrected chi connectivity index (χ4v) is 4.51. The van der Waals surface area contributed by atoms with Gasteiger partial charge in [-0.1, -0.05) is 32.0 Å². The van der Waals surface area contributed by atoms with Crippen molar-refractivity contribution >= 4 is 11.8 Å². The van der Waals surface area contributed by atoms with Crippen LogP contribution in [-0.4, -0.2) is 40.8 Å². The SMILES string of the molecule is CC(C)C(=O)N1C[C@@H](NC(=O)c2cc3c([nH]c2=O)CCC3)[C@H](c2ccccc2F)C1. The van der Waals surface area contributed by atoms with Crippen molar-refractivity contribution in [3.8, 4) is 0 Å². The maximum atomic E-state index is 14.5. The van der Waals surface area contributed by atoms with E-state index in [1.807, 2.05) is 13.8 Å². The van der Waals surface area contributed by atoms with E-state index in [0.717, 1.165) is 30.5 Å². The average molecular weight is 411 g/mol. The Bertz CT molecular complexity index is 1050. The lowest BCUT2D eigenvalue weighted by molar-refractivity contribution is -0.133. The smallest absolute Gasteiger partial charge is 0.261 e. The lowest BCUT2D eigenvalue weighted by atomic mass is 9.93. The molecule has 1 fully saturated rings. The number of fused-ring (bicyclic) bond motifs is 1. The molecule has 0 radical (unpaired) electrons. The van der Waals surface area contributed by atoms with E-state index in [0.29, 0.717) is 12.1 Å². The van der Waals surface area contributed by atoms with Crippen LogP contribution in [0.1, 0.15) is 53.4 Å². The van der Waals surface area contributed by atoms with E-state index in [-0.39, 0.29) is 35.7 Å². The minimum atomic E-state index is -0.490. The zero-order valence-electron chi connectivity index (χ0n) is 17.2. The molecule has 7 heteroatoms. The summed E-state index contributed by atoms with van der Waals surface area (Å²) in [6.07, 6.45) is 2.61. The Morgan fingerprint density at radius 2 is 1.97 bits per heavy atom. The highest BCUT2D eigenvalue weighted by molar-refractivity contribution is 5.94. The van der Waals surface area contributed by atoms with Gasteiger partial charge < -0.3 is 15.2 Å². The summed E-state index contributed by atoms with van der Waals surface area (Å²) in [5.41, 5.74) is 2.01. The van der Waals surface area contributed by atoms with Crippen LogP contribution in [0.25, 0.3) is 0 Å². The first-order valence-corrected chi connectivity index (χ1v) is 10.4. The van der Waals surface area contributed by atoms with Crippen molar-refractivity contribution < 1.29 is 14.0 Å². The number of rotatable bonds is 4. The fourth-order valence-electron chi connectivity index (χ4n) is 4.51. The minimum absolute atomic E-state index is 0.0385. The molecule has 0 bridgehead atoms. The Morgan fingerprint density at radius 1 is 1.20 bits per heavy atom. The van der Waals surface area contributed by atoms with Crippen molar-refractivity contribution in [2.45, 2.75) is 45.1 Å². The summed E-state index contributed by atoms with van der Waals surface area (Å²) in [5.74, 6) is -1.47. The second kappa shape index (κ2) is 8.05. The largest absolute Gasteiger partial charge is 0.347 e. The molecule has 1 saturated heterocycles. The second-order valence-electron chi connectivity index (χ2n) is 8.48. The Labute approximate surface area is 174 Å². The molecule has 2 atom stereocenters. The molecule has 30 heavy (non-hydrogen) atoms. The van der Waals surface area contributed by atoms with Gasteiger partial charge in [-0.25, -0.2) is 4.39 Å². The van der Waals surface area contributed by atoms with Gasteiger partial charge in [-0.2, -0.15) is 0 Å². The van der Waals surface area contributed by atoms with E-state index in [1.54, 1.807) is 29.2 Å². The number of carbonyl (C=O) groups excluding carboxylic acids is 2. The van der Waals surface area contributed by atoms with Gasteiger partial charge in [0.25, 0.3) is 11.5 Å². The third kappa shape index (κ3) is 3.76. The number of hydrogen-bond acceptors (Lipinski definition) is 3. The molecule has 2 heterocycles. The summed E-state index contributed by atoms with van der Waals surface area (Å²) in [5, 5.41) is 2.91. The predicted octanol–water partition coefficient (Wildman–Crippen LogP) is 2.38. The maximum absolute atomic E-state index is 14.5. The highest BCUT2D eigenvalue weighted by atomic mass is 19.1. The number of benzene rings is 1. The Morgan fingerprint density at radius 3 is 2.70 bits per heavy atom. The number of hydrogen-bond donors (Lipinski definition) is 2. The van der Waals surface area contributed by atoms with E-state index in [2.05, 4.69) is 10.3 Å². The molecule has 2 amide bonds. The van der Waals surface area contributed by atoms with Gasteiger partial charge in [0.15, 0.2) is 0 Å².